The van der Waals surface area contributed by atoms with Crippen molar-refractivity contribution >= 4 is 32.3 Å². The number of carbonyl (C=O) groups excluding carboxylic acids is 1. The molecular weight excluding hydrogens is 390 g/mol. The van der Waals surface area contributed by atoms with Crippen molar-refractivity contribution < 1.29 is 9.72 Å². The van der Waals surface area contributed by atoms with E-state index in [1.54, 1.807) is 42.5 Å². The molecule has 0 fully saturated rings. The van der Waals surface area contributed by atoms with Gasteiger partial charge in [-0.1, -0.05) is 30.3 Å². The molecule has 2 aromatic heterocycles. The molecule has 29 heavy (non-hydrogen) atoms. The normalized spacial score (nSPS) is 10.6. The lowest BCUT2D eigenvalue weighted by Crippen LogP contribution is -2.16. The van der Waals surface area contributed by atoms with Crippen molar-refractivity contribution in [2.75, 3.05) is 0 Å². The van der Waals surface area contributed by atoms with Crippen LogP contribution in [0.5, 0.6) is 0 Å². The monoisotopic (exact) mass is 401 g/mol. The molecule has 8 heteroatoms. The number of hydrogen-bond donors (Lipinski definition) is 0. The van der Waals surface area contributed by atoms with Crippen LogP contribution in [0.4, 0.5) is 5.00 Å². The van der Waals surface area contributed by atoms with Crippen LogP contribution in [0.3, 0.4) is 0 Å². The first-order valence-electron chi connectivity index (χ1n) is 8.45. The molecule has 0 aliphatic heterocycles. The second kappa shape index (κ2) is 7.14. The molecular formula is C21H11N3O4S. The van der Waals surface area contributed by atoms with Crippen molar-refractivity contribution in [1.29, 1.82) is 5.26 Å². The van der Waals surface area contributed by atoms with E-state index in [9.17, 15) is 25.0 Å². The van der Waals surface area contributed by atoms with Crippen LogP contribution in [0, 0.1) is 21.4 Å². The largest absolute Gasteiger partial charge is 0.337 e. The Morgan fingerprint density at radius 2 is 1.72 bits per heavy atom. The fourth-order valence-electron chi connectivity index (χ4n) is 3.15. The van der Waals surface area contributed by atoms with Gasteiger partial charge < -0.3 is 0 Å². The first-order chi connectivity index (χ1) is 14.0. The standard InChI is InChI=1S/C21H11N3O4S/c22-12-13-6-4-5-9-15(13)19(26)18-16-10-11-17(25)23(14-7-2-1-3-8-14)20(16)29-21(18)24(27)28/h1-11H. The van der Waals surface area contributed by atoms with E-state index in [1.807, 2.05) is 6.07 Å². The summed E-state index contributed by atoms with van der Waals surface area (Å²) in [6, 6.07) is 19.5. The van der Waals surface area contributed by atoms with Gasteiger partial charge in [0.2, 0.25) is 5.78 Å². The average Bonchev–Trinajstić information content (AvgIpc) is 3.13. The lowest BCUT2D eigenvalue weighted by Gasteiger charge is -2.07. The minimum absolute atomic E-state index is 0.0789. The minimum atomic E-state index is -0.632. The number of hydrogen-bond acceptors (Lipinski definition) is 6. The van der Waals surface area contributed by atoms with Gasteiger partial charge in [0.25, 0.3) is 5.56 Å². The average molecular weight is 401 g/mol. The van der Waals surface area contributed by atoms with Gasteiger partial charge in [0.1, 0.15) is 10.4 Å². The highest BCUT2D eigenvalue weighted by molar-refractivity contribution is 7.22. The maximum atomic E-state index is 13.2. The number of aromatic nitrogens is 1. The molecule has 0 N–H and O–H groups in total. The van der Waals surface area contributed by atoms with E-state index >= 15 is 0 Å². The first kappa shape index (κ1) is 18.3. The van der Waals surface area contributed by atoms with Crippen molar-refractivity contribution in [3.05, 3.63) is 104 Å². The Bertz CT molecular complexity index is 1380. The number of carbonyl (C=O) groups is 1. The second-order valence-corrected chi connectivity index (χ2v) is 7.06. The highest BCUT2D eigenvalue weighted by Crippen LogP contribution is 2.39. The van der Waals surface area contributed by atoms with E-state index in [-0.39, 0.29) is 27.3 Å². The van der Waals surface area contributed by atoms with Gasteiger partial charge in [0, 0.05) is 17.0 Å². The molecule has 0 atom stereocenters. The van der Waals surface area contributed by atoms with E-state index in [4.69, 9.17) is 0 Å². The van der Waals surface area contributed by atoms with Crippen LogP contribution < -0.4 is 5.56 Å². The Hall–Kier alpha value is -4.09. The molecule has 4 rings (SSSR count). The van der Waals surface area contributed by atoms with Crippen LogP contribution in [0.25, 0.3) is 15.9 Å². The zero-order chi connectivity index (χ0) is 20.5. The summed E-state index contributed by atoms with van der Waals surface area (Å²) in [5.41, 5.74) is 0.257. The summed E-state index contributed by atoms with van der Waals surface area (Å²) in [5, 5.41) is 21.0. The summed E-state index contributed by atoms with van der Waals surface area (Å²) < 4.78 is 1.35. The van der Waals surface area contributed by atoms with Gasteiger partial charge in [-0.25, -0.2) is 0 Å². The topological polar surface area (TPSA) is 106 Å². The lowest BCUT2D eigenvalue weighted by molar-refractivity contribution is -0.380. The fraction of sp³-hybridized carbons (Fsp3) is 0. The molecule has 0 aliphatic carbocycles. The molecule has 0 unspecified atom stereocenters. The predicted octanol–water partition coefficient (Wildman–Crippen LogP) is 4.06. The zero-order valence-corrected chi connectivity index (χ0v) is 15.6. The van der Waals surface area contributed by atoms with E-state index in [0.29, 0.717) is 15.9 Å². The van der Waals surface area contributed by atoms with Crippen LogP contribution in [0.15, 0.2) is 71.5 Å². The van der Waals surface area contributed by atoms with Crippen LogP contribution >= 0.6 is 11.3 Å². The van der Waals surface area contributed by atoms with Crippen molar-refractivity contribution in [2.45, 2.75) is 0 Å². The van der Waals surface area contributed by atoms with Gasteiger partial charge in [-0.15, -0.1) is 0 Å². The molecule has 4 aromatic rings. The van der Waals surface area contributed by atoms with Crippen molar-refractivity contribution in [2.24, 2.45) is 0 Å². The van der Waals surface area contributed by atoms with Crippen molar-refractivity contribution in [1.82, 2.24) is 4.57 Å². The molecule has 0 bridgehead atoms. The summed E-state index contributed by atoms with van der Waals surface area (Å²) >= 11 is 0.764. The van der Waals surface area contributed by atoms with E-state index in [2.05, 4.69) is 0 Å². The second-order valence-electron chi connectivity index (χ2n) is 6.09. The number of fused-ring (bicyclic) bond motifs is 1. The zero-order valence-electron chi connectivity index (χ0n) is 14.7. The van der Waals surface area contributed by atoms with Gasteiger partial charge in [0.15, 0.2) is 0 Å². The maximum absolute atomic E-state index is 13.2. The Kier molecular flexibility index (Phi) is 4.50. The van der Waals surface area contributed by atoms with Gasteiger partial charge in [0.05, 0.1) is 22.2 Å². The van der Waals surface area contributed by atoms with Crippen LogP contribution in [-0.4, -0.2) is 15.3 Å². The quantitative estimate of drug-likeness (QED) is 0.291. The van der Waals surface area contributed by atoms with Crippen LogP contribution in [0.2, 0.25) is 0 Å². The predicted molar refractivity (Wildman–Crippen MR) is 109 cm³/mol. The van der Waals surface area contributed by atoms with E-state index < -0.39 is 10.7 Å². The summed E-state index contributed by atoms with van der Waals surface area (Å²) in [7, 11) is 0. The number of nitrogens with zero attached hydrogens (tertiary/aromatic N) is 3. The number of nitro groups is 1. The number of pyridine rings is 1. The molecule has 7 nitrogen and oxygen atoms in total. The maximum Gasteiger partial charge on any atom is 0.337 e. The molecule has 0 saturated heterocycles. The fourth-order valence-corrected chi connectivity index (χ4v) is 4.28. The van der Waals surface area contributed by atoms with Gasteiger partial charge in [-0.2, -0.15) is 5.26 Å². The molecule has 140 valence electrons. The summed E-state index contributed by atoms with van der Waals surface area (Å²) in [5.74, 6) is -0.627. The van der Waals surface area contributed by atoms with Crippen molar-refractivity contribution in [3.8, 4) is 11.8 Å². The molecule has 0 spiro atoms. The summed E-state index contributed by atoms with van der Waals surface area (Å²) in [6.45, 7) is 0. The third-order valence-corrected chi connectivity index (χ3v) is 5.56. The molecule has 2 heterocycles. The number of ketones is 1. The number of para-hydroxylation sites is 1. The smallest absolute Gasteiger partial charge is 0.288 e. The number of thiophene rings is 1. The Balaban J connectivity index is 2.07. The molecule has 2 aromatic carbocycles. The van der Waals surface area contributed by atoms with Crippen molar-refractivity contribution in [3.63, 3.8) is 0 Å². The van der Waals surface area contributed by atoms with Gasteiger partial charge >= 0.3 is 5.00 Å². The number of benzene rings is 2. The lowest BCUT2D eigenvalue weighted by atomic mass is 9.98. The van der Waals surface area contributed by atoms with Gasteiger partial charge in [-0.3, -0.25) is 24.3 Å². The molecule has 0 saturated carbocycles. The Labute approximate surface area is 167 Å². The Morgan fingerprint density at radius 3 is 2.41 bits per heavy atom. The van der Waals surface area contributed by atoms with Gasteiger partial charge in [-0.05, 0) is 41.7 Å². The first-order valence-corrected chi connectivity index (χ1v) is 9.26. The number of nitriles is 1. The third-order valence-electron chi connectivity index (χ3n) is 4.42. The van der Waals surface area contributed by atoms with E-state index in [1.165, 1.54) is 28.8 Å². The molecule has 0 radical (unpaired) electrons. The SMILES string of the molecule is N#Cc1ccccc1C(=O)c1c([N+](=O)[O-])sc2c1ccc(=O)n2-c1ccccc1. The summed E-state index contributed by atoms with van der Waals surface area (Å²) in [6.07, 6.45) is 0. The number of rotatable bonds is 4. The minimum Gasteiger partial charge on any atom is -0.288 e. The molecule has 0 aliphatic rings. The molecule has 0 amide bonds. The van der Waals surface area contributed by atoms with E-state index in [0.717, 1.165) is 11.3 Å². The third kappa shape index (κ3) is 2.99. The van der Waals surface area contributed by atoms with Crippen LogP contribution in [0.1, 0.15) is 21.5 Å². The summed E-state index contributed by atoms with van der Waals surface area (Å²) in [4.78, 5) is 37.2. The van der Waals surface area contributed by atoms with Crippen LogP contribution in [-0.2, 0) is 0 Å². The highest BCUT2D eigenvalue weighted by Gasteiger charge is 2.30. The Morgan fingerprint density at radius 1 is 1.03 bits per heavy atom. The highest BCUT2D eigenvalue weighted by atomic mass is 32.1.